The lowest BCUT2D eigenvalue weighted by Crippen LogP contribution is -2.27. The lowest BCUT2D eigenvalue weighted by Gasteiger charge is -2.14. The normalized spacial score (nSPS) is 12.2. The van der Waals surface area contributed by atoms with E-state index in [0.29, 0.717) is 30.3 Å². The number of aliphatic hydroxyl groups excluding tert-OH is 1. The molecule has 4 nitrogen and oxygen atoms in total. The maximum Gasteiger partial charge on any atom is 0.136 e. The highest BCUT2D eigenvalue weighted by molar-refractivity contribution is 5.45. The summed E-state index contributed by atoms with van der Waals surface area (Å²) in [6.07, 6.45) is 0.476. The average molecular weight is 262 g/mol. The van der Waals surface area contributed by atoms with Gasteiger partial charge in [-0.1, -0.05) is 19.9 Å². The van der Waals surface area contributed by atoms with Gasteiger partial charge in [-0.05, 0) is 30.0 Å². The topological polar surface area (TPSA) is 65.3 Å². The molecule has 0 saturated heterocycles. The van der Waals surface area contributed by atoms with Crippen molar-refractivity contribution < 1.29 is 9.84 Å². The van der Waals surface area contributed by atoms with Gasteiger partial charge in [0.25, 0.3) is 0 Å². The Labute approximate surface area is 115 Å². The van der Waals surface area contributed by atoms with E-state index >= 15 is 0 Å². The fourth-order valence-electron chi connectivity index (χ4n) is 1.95. The van der Waals surface area contributed by atoms with Crippen LogP contribution in [0, 0.1) is 17.2 Å². The molecule has 1 aromatic carbocycles. The van der Waals surface area contributed by atoms with Gasteiger partial charge >= 0.3 is 0 Å². The third-order valence-corrected chi connectivity index (χ3v) is 2.84. The van der Waals surface area contributed by atoms with E-state index in [-0.39, 0.29) is 6.10 Å². The minimum Gasteiger partial charge on any atom is -0.495 e. The lowest BCUT2D eigenvalue weighted by molar-refractivity contribution is 0.146. The molecule has 0 aromatic heterocycles. The molecule has 0 fully saturated rings. The van der Waals surface area contributed by atoms with Gasteiger partial charge in [0.2, 0.25) is 0 Å². The Morgan fingerprint density at radius 3 is 2.74 bits per heavy atom. The zero-order chi connectivity index (χ0) is 14.3. The van der Waals surface area contributed by atoms with E-state index in [2.05, 4.69) is 25.2 Å². The first-order chi connectivity index (χ1) is 9.06. The van der Waals surface area contributed by atoms with Gasteiger partial charge in [0.05, 0.1) is 18.8 Å². The molecule has 1 unspecified atom stereocenters. The van der Waals surface area contributed by atoms with Crippen LogP contribution in [0.1, 0.15) is 31.4 Å². The summed E-state index contributed by atoms with van der Waals surface area (Å²) >= 11 is 0. The molecule has 0 heterocycles. The Hall–Kier alpha value is -1.57. The van der Waals surface area contributed by atoms with Gasteiger partial charge in [-0.3, -0.25) is 0 Å². The molecular weight excluding hydrogens is 240 g/mol. The molecule has 4 heteroatoms. The van der Waals surface area contributed by atoms with Crippen LogP contribution in [0.2, 0.25) is 0 Å². The van der Waals surface area contributed by atoms with Crippen LogP contribution < -0.4 is 10.1 Å². The summed E-state index contributed by atoms with van der Waals surface area (Å²) in [5, 5.41) is 21.9. The highest BCUT2D eigenvalue weighted by Gasteiger charge is 2.07. The predicted molar refractivity (Wildman–Crippen MR) is 74.9 cm³/mol. The SMILES string of the molecule is COc1cc(CNCC(O)CC(C)C)ccc1C#N. The zero-order valence-corrected chi connectivity index (χ0v) is 11.8. The molecule has 0 spiro atoms. The molecule has 0 amide bonds. The first-order valence-electron chi connectivity index (χ1n) is 6.52. The van der Waals surface area contributed by atoms with Crippen LogP contribution in [0.4, 0.5) is 0 Å². The molecule has 0 radical (unpaired) electrons. The average Bonchev–Trinajstić information content (AvgIpc) is 2.37. The summed E-state index contributed by atoms with van der Waals surface area (Å²) in [4.78, 5) is 0. The number of hydrogen-bond acceptors (Lipinski definition) is 4. The molecule has 0 aliphatic heterocycles. The molecule has 1 aromatic rings. The first-order valence-corrected chi connectivity index (χ1v) is 6.52. The van der Waals surface area contributed by atoms with Crippen molar-refractivity contribution in [3.8, 4) is 11.8 Å². The van der Waals surface area contributed by atoms with Crippen LogP contribution in [0.15, 0.2) is 18.2 Å². The summed E-state index contributed by atoms with van der Waals surface area (Å²) in [5.41, 5.74) is 1.57. The van der Waals surface area contributed by atoms with E-state index in [9.17, 15) is 5.11 Å². The Morgan fingerprint density at radius 1 is 1.42 bits per heavy atom. The van der Waals surface area contributed by atoms with Crippen LogP contribution in [-0.2, 0) is 6.54 Å². The number of hydrogen-bond donors (Lipinski definition) is 2. The Morgan fingerprint density at radius 2 is 2.16 bits per heavy atom. The number of rotatable bonds is 7. The summed E-state index contributed by atoms with van der Waals surface area (Å²) in [6, 6.07) is 7.57. The minimum atomic E-state index is -0.319. The summed E-state index contributed by atoms with van der Waals surface area (Å²) in [7, 11) is 1.56. The second-order valence-electron chi connectivity index (χ2n) is 5.06. The van der Waals surface area contributed by atoms with E-state index in [1.54, 1.807) is 13.2 Å². The third-order valence-electron chi connectivity index (χ3n) is 2.84. The number of methoxy groups -OCH3 is 1. The van der Waals surface area contributed by atoms with Crippen molar-refractivity contribution >= 4 is 0 Å². The van der Waals surface area contributed by atoms with Crippen LogP contribution in [0.5, 0.6) is 5.75 Å². The Kier molecular flexibility index (Phi) is 6.34. The second kappa shape index (κ2) is 7.78. The quantitative estimate of drug-likeness (QED) is 0.789. The van der Waals surface area contributed by atoms with Crippen molar-refractivity contribution in [2.24, 2.45) is 5.92 Å². The number of nitrogens with zero attached hydrogens (tertiary/aromatic N) is 1. The number of nitriles is 1. The maximum absolute atomic E-state index is 9.75. The molecule has 1 atom stereocenters. The number of aliphatic hydroxyl groups is 1. The fraction of sp³-hybridized carbons (Fsp3) is 0.533. The Bertz CT molecular complexity index is 438. The Balaban J connectivity index is 2.48. The van der Waals surface area contributed by atoms with E-state index < -0.39 is 0 Å². The molecule has 0 aliphatic carbocycles. The summed E-state index contributed by atoms with van der Waals surface area (Å²) in [5.74, 6) is 1.08. The third kappa shape index (κ3) is 5.29. The van der Waals surface area contributed by atoms with Crippen LogP contribution in [0.25, 0.3) is 0 Å². The van der Waals surface area contributed by atoms with Gasteiger partial charge in [-0.15, -0.1) is 0 Å². The molecule has 19 heavy (non-hydrogen) atoms. The smallest absolute Gasteiger partial charge is 0.136 e. The molecule has 1 rings (SSSR count). The molecule has 2 N–H and O–H groups in total. The summed E-state index contributed by atoms with van der Waals surface area (Å²) in [6.45, 7) is 5.40. The number of nitrogens with one attached hydrogen (secondary N) is 1. The van der Waals surface area contributed by atoms with E-state index in [1.165, 1.54) is 0 Å². The number of ether oxygens (including phenoxy) is 1. The zero-order valence-electron chi connectivity index (χ0n) is 11.8. The number of benzene rings is 1. The van der Waals surface area contributed by atoms with Crippen molar-refractivity contribution in [2.45, 2.75) is 32.9 Å². The van der Waals surface area contributed by atoms with Gasteiger partial charge in [-0.25, -0.2) is 0 Å². The van der Waals surface area contributed by atoms with E-state index in [1.807, 2.05) is 12.1 Å². The standard InChI is InChI=1S/C15H22N2O2/c1-11(2)6-14(18)10-17-9-12-4-5-13(8-16)15(7-12)19-3/h4-5,7,11,14,17-18H,6,9-10H2,1-3H3. The maximum atomic E-state index is 9.75. The molecule has 0 saturated carbocycles. The highest BCUT2D eigenvalue weighted by atomic mass is 16.5. The first kappa shape index (κ1) is 15.5. The van der Waals surface area contributed by atoms with Gasteiger partial charge in [0.15, 0.2) is 0 Å². The fourth-order valence-corrected chi connectivity index (χ4v) is 1.95. The second-order valence-corrected chi connectivity index (χ2v) is 5.06. The van der Waals surface area contributed by atoms with Crippen molar-refractivity contribution in [2.75, 3.05) is 13.7 Å². The van der Waals surface area contributed by atoms with Crippen molar-refractivity contribution in [1.29, 1.82) is 5.26 Å². The van der Waals surface area contributed by atoms with Gasteiger partial charge < -0.3 is 15.2 Å². The summed E-state index contributed by atoms with van der Waals surface area (Å²) < 4.78 is 5.16. The van der Waals surface area contributed by atoms with Gasteiger partial charge in [-0.2, -0.15) is 5.26 Å². The molecule has 0 aliphatic rings. The minimum absolute atomic E-state index is 0.319. The van der Waals surface area contributed by atoms with Crippen molar-refractivity contribution in [1.82, 2.24) is 5.32 Å². The molecule has 104 valence electrons. The van der Waals surface area contributed by atoms with Crippen LogP contribution >= 0.6 is 0 Å². The van der Waals surface area contributed by atoms with Gasteiger partial charge in [0, 0.05) is 13.1 Å². The van der Waals surface area contributed by atoms with Crippen LogP contribution in [0.3, 0.4) is 0 Å². The van der Waals surface area contributed by atoms with Gasteiger partial charge in [0.1, 0.15) is 11.8 Å². The highest BCUT2D eigenvalue weighted by Crippen LogP contribution is 2.19. The molecular formula is C15H22N2O2. The van der Waals surface area contributed by atoms with E-state index in [0.717, 1.165) is 12.0 Å². The largest absolute Gasteiger partial charge is 0.495 e. The molecule has 0 bridgehead atoms. The van der Waals surface area contributed by atoms with Crippen molar-refractivity contribution in [3.05, 3.63) is 29.3 Å². The van der Waals surface area contributed by atoms with Crippen molar-refractivity contribution in [3.63, 3.8) is 0 Å². The lowest BCUT2D eigenvalue weighted by atomic mass is 10.1. The monoisotopic (exact) mass is 262 g/mol. The van der Waals surface area contributed by atoms with E-state index in [4.69, 9.17) is 10.00 Å². The predicted octanol–water partition coefficient (Wildman–Crippen LogP) is 2.06. The van der Waals surface area contributed by atoms with Crippen LogP contribution in [-0.4, -0.2) is 24.9 Å².